The molecule has 0 fully saturated rings. The minimum Gasteiger partial charge on any atom is -0.508 e. The van der Waals surface area contributed by atoms with Crippen LogP contribution in [0.15, 0.2) is 12.1 Å². The molecular weight excluding hydrogens is 182 g/mol. The standard InChI is InChI=1S/C10H9NO3/c1-2-6-3-8(10(13)14)7(5-11)4-9(6)12/h3-4,12H,2H2,1H3,(H,13,14). The Labute approximate surface area is 81.0 Å². The van der Waals surface area contributed by atoms with E-state index < -0.39 is 5.97 Å². The number of aromatic carboxylic acids is 1. The maximum Gasteiger partial charge on any atom is 0.337 e. The van der Waals surface area contributed by atoms with E-state index in [1.807, 2.05) is 0 Å². The van der Waals surface area contributed by atoms with Crippen LogP contribution in [0.5, 0.6) is 5.75 Å². The van der Waals surface area contributed by atoms with Crippen LogP contribution in [0.25, 0.3) is 0 Å². The number of carboxylic acid groups (broad SMARTS) is 1. The van der Waals surface area contributed by atoms with Gasteiger partial charge >= 0.3 is 5.97 Å². The second-order valence-corrected chi connectivity index (χ2v) is 2.80. The molecule has 4 heteroatoms. The van der Waals surface area contributed by atoms with Crippen molar-refractivity contribution in [3.63, 3.8) is 0 Å². The molecule has 0 aromatic heterocycles. The quantitative estimate of drug-likeness (QED) is 0.742. The Kier molecular flexibility index (Phi) is 2.73. The van der Waals surface area contributed by atoms with E-state index in [1.165, 1.54) is 12.1 Å². The molecule has 0 saturated carbocycles. The Morgan fingerprint density at radius 2 is 2.21 bits per heavy atom. The third kappa shape index (κ3) is 1.67. The largest absolute Gasteiger partial charge is 0.508 e. The van der Waals surface area contributed by atoms with Gasteiger partial charge in [0.2, 0.25) is 0 Å². The first-order chi connectivity index (χ1) is 6.60. The van der Waals surface area contributed by atoms with Crippen molar-refractivity contribution in [3.8, 4) is 11.8 Å². The van der Waals surface area contributed by atoms with Crippen LogP contribution in [-0.4, -0.2) is 16.2 Å². The number of hydrogen-bond donors (Lipinski definition) is 2. The number of benzene rings is 1. The molecule has 0 saturated heterocycles. The van der Waals surface area contributed by atoms with Crippen molar-refractivity contribution in [2.24, 2.45) is 0 Å². The summed E-state index contributed by atoms with van der Waals surface area (Å²) in [5, 5.41) is 26.8. The summed E-state index contributed by atoms with van der Waals surface area (Å²) in [5.41, 5.74) is 0.441. The molecule has 0 amide bonds. The molecule has 0 bridgehead atoms. The van der Waals surface area contributed by atoms with E-state index in [0.29, 0.717) is 12.0 Å². The molecule has 0 aliphatic carbocycles. The van der Waals surface area contributed by atoms with Gasteiger partial charge in [0.1, 0.15) is 11.8 Å². The zero-order valence-electron chi connectivity index (χ0n) is 7.61. The van der Waals surface area contributed by atoms with Gasteiger partial charge in [-0.25, -0.2) is 4.79 Å². The average Bonchev–Trinajstić information content (AvgIpc) is 2.16. The summed E-state index contributed by atoms with van der Waals surface area (Å²) in [5.74, 6) is -1.19. The highest BCUT2D eigenvalue weighted by molar-refractivity contribution is 5.91. The maximum absolute atomic E-state index is 10.7. The lowest BCUT2D eigenvalue weighted by molar-refractivity contribution is 0.0696. The zero-order valence-corrected chi connectivity index (χ0v) is 7.61. The van der Waals surface area contributed by atoms with Crippen LogP contribution in [0.3, 0.4) is 0 Å². The molecule has 14 heavy (non-hydrogen) atoms. The first-order valence-electron chi connectivity index (χ1n) is 4.09. The van der Waals surface area contributed by atoms with Gasteiger partial charge < -0.3 is 10.2 Å². The molecule has 4 nitrogen and oxygen atoms in total. The average molecular weight is 191 g/mol. The number of nitriles is 1. The summed E-state index contributed by atoms with van der Waals surface area (Å²) in [6.07, 6.45) is 0.526. The van der Waals surface area contributed by atoms with Crippen molar-refractivity contribution in [1.82, 2.24) is 0 Å². The van der Waals surface area contributed by atoms with Crippen molar-refractivity contribution in [2.45, 2.75) is 13.3 Å². The number of aryl methyl sites for hydroxylation is 1. The van der Waals surface area contributed by atoms with E-state index in [-0.39, 0.29) is 16.9 Å². The van der Waals surface area contributed by atoms with Crippen molar-refractivity contribution in [2.75, 3.05) is 0 Å². The lowest BCUT2D eigenvalue weighted by atomic mass is 10.0. The molecule has 0 heterocycles. The molecule has 0 aliphatic rings. The van der Waals surface area contributed by atoms with E-state index >= 15 is 0 Å². The summed E-state index contributed by atoms with van der Waals surface area (Å²) in [4.78, 5) is 10.7. The molecule has 1 rings (SSSR count). The molecule has 0 radical (unpaired) electrons. The SMILES string of the molecule is CCc1cc(C(=O)O)c(C#N)cc1O. The lowest BCUT2D eigenvalue weighted by Gasteiger charge is -2.04. The van der Waals surface area contributed by atoms with Crippen LogP contribution in [-0.2, 0) is 6.42 Å². The van der Waals surface area contributed by atoms with Crippen LogP contribution in [0.4, 0.5) is 0 Å². The zero-order chi connectivity index (χ0) is 10.7. The fourth-order valence-corrected chi connectivity index (χ4v) is 1.19. The van der Waals surface area contributed by atoms with Crippen molar-refractivity contribution < 1.29 is 15.0 Å². The summed E-state index contributed by atoms with van der Waals surface area (Å²) in [6, 6.07) is 4.24. The first-order valence-corrected chi connectivity index (χ1v) is 4.09. The van der Waals surface area contributed by atoms with Crippen LogP contribution < -0.4 is 0 Å². The van der Waals surface area contributed by atoms with Crippen molar-refractivity contribution >= 4 is 5.97 Å². The monoisotopic (exact) mass is 191 g/mol. The maximum atomic E-state index is 10.7. The topological polar surface area (TPSA) is 81.3 Å². The second kappa shape index (κ2) is 3.79. The molecule has 0 spiro atoms. The van der Waals surface area contributed by atoms with Gasteiger partial charge in [0.05, 0.1) is 11.1 Å². The predicted molar refractivity (Wildman–Crippen MR) is 49.2 cm³/mol. The normalized spacial score (nSPS) is 9.43. The predicted octanol–water partition coefficient (Wildman–Crippen LogP) is 1.52. The molecule has 0 atom stereocenters. The number of hydrogen-bond acceptors (Lipinski definition) is 3. The fourth-order valence-electron chi connectivity index (χ4n) is 1.19. The van der Waals surface area contributed by atoms with Crippen LogP contribution in [0.1, 0.15) is 28.4 Å². The molecule has 0 unspecified atom stereocenters. The molecule has 72 valence electrons. The summed E-state index contributed by atoms with van der Waals surface area (Å²) >= 11 is 0. The van der Waals surface area contributed by atoms with E-state index in [2.05, 4.69) is 0 Å². The van der Waals surface area contributed by atoms with Gasteiger partial charge in [0.15, 0.2) is 0 Å². The van der Waals surface area contributed by atoms with E-state index in [4.69, 9.17) is 10.4 Å². The first kappa shape index (κ1) is 10.1. The highest BCUT2D eigenvalue weighted by Gasteiger charge is 2.13. The van der Waals surface area contributed by atoms with Crippen LogP contribution in [0, 0.1) is 11.3 Å². The second-order valence-electron chi connectivity index (χ2n) is 2.80. The minimum absolute atomic E-state index is 0.0211. The number of aromatic hydroxyl groups is 1. The fraction of sp³-hybridized carbons (Fsp3) is 0.200. The van der Waals surface area contributed by atoms with Crippen molar-refractivity contribution in [3.05, 3.63) is 28.8 Å². The van der Waals surface area contributed by atoms with E-state index in [0.717, 1.165) is 0 Å². The lowest BCUT2D eigenvalue weighted by Crippen LogP contribution is -2.01. The number of phenolic OH excluding ortho intramolecular Hbond substituents is 1. The number of rotatable bonds is 2. The summed E-state index contributed by atoms with van der Waals surface area (Å²) < 4.78 is 0. The highest BCUT2D eigenvalue weighted by atomic mass is 16.4. The Morgan fingerprint density at radius 3 is 2.64 bits per heavy atom. The Balaban J connectivity index is 3.42. The molecule has 1 aromatic rings. The van der Waals surface area contributed by atoms with Crippen molar-refractivity contribution in [1.29, 1.82) is 5.26 Å². The number of carbonyl (C=O) groups is 1. The Bertz CT molecular complexity index is 418. The van der Waals surface area contributed by atoms with E-state index in [1.54, 1.807) is 13.0 Å². The number of carboxylic acids is 1. The summed E-state index contributed by atoms with van der Waals surface area (Å²) in [6.45, 7) is 1.80. The molecular formula is C10H9NO3. The van der Waals surface area contributed by atoms with Crippen LogP contribution in [0.2, 0.25) is 0 Å². The smallest absolute Gasteiger partial charge is 0.337 e. The van der Waals surface area contributed by atoms with Gasteiger partial charge in [0, 0.05) is 0 Å². The number of phenols is 1. The van der Waals surface area contributed by atoms with E-state index in [9.17, 15) is 9.90 Å². The van der Waals surface area contributed by atoms with Crippen LogP contribution >= 0.6 is 0 Å². The van der Waals surface area contributed by atoms with Gasteiger partial charge in [-0.3, -0.25) is 0 Å². The summed E-state index contributed by atoms with van der Waals surface area (Å²) in [7, 11) is 0. The Morgan fingerprint density at radius 1 is 1.57 bits per heavy atom. The minimum atomic E-state index is -1.16. The Hall–Kier alpha value is -2.02. The van der Waals surface area contributed by atoms with Gasteiger partial charge in [0.25, 0.3) is 0 Å². The van der Waals surface area contributed by atoms with Gasteiger partial charge in [-0.1, -0.05) is 6.92 Å². The molecule has 2 N–H and O–H groups in total. The van der Waals surface area contributed by atoms with Gasteiger partial charge in [-0.05, 0) is 24.1 Å². The highest BCUT2D eigenvalue weighted by Crippen LogP contribution is 2.22. The van der Waals surface area contributed by atoms with Gasteiger partial charge in [-0.15, -0.1) is 0 Å². The van der Waals surface area contributed by atoms with Gasteiger partial charge in [-0.2, -0.15) is 5.26 Å². The third-order valence-electron chi connectivity index (χ3n) is 1.95. The molecule has 0 aliphatic heterocycles. The number of nitrogens with zero attached hydrogens (tertiary/aromatic N) is 1. The molecule has 1 aromatic carbocycles. The third-order valence-corrected chi connectivity index (χ3v) is 1.95.